The number of carbonyl (C=O) groups excluding carboxylic acids is 1. The standard InChI is InChI=1S/C9H9ClN6O/c1-6(16-5-11-4-14-16)9(17)15-8-3-12-7(10)2-13-8/h2-6H,1H3,(H,13,15,17). The van der Waals surface area contributed by atoms with Crippen molar-refractivity contribution in [1.82, 2.24) is 24.7 Å². The van der Waals surface area contributed by atoms with Crippen LogP contribution < -0.4 is 5.32 Å². The van der Waals surface area contributed by atoms with Crippen molar-refractivity contribution < 1.29 is 4.79 Å². The summed E-state index contributed by atoms with van der Waals surface area (Å²) in [4.78, 5) is 23.3. The number of carbonyl (C=O) groups is 1. The van der Waals surface area contributed by atoms with Crippen LogP contribution in [0.4, 0.5) is 5.82 Å². The van der Waals surface area contributed by atoms with Crippen LogP contribution in [0.5, 0.6) is 0 Å². The predicted octanol–water partition coefficient (Wildman–Crippen LogP) is 0.921. The van der Waals surface area contributed by atoms with Gasteiger partial charge in [0.15, 0.2) is 5.82 Å². The second kappa shape index (κ2) is 4.88. The molecule has 0 aliphatic carbocycles. The molecule has 0 radical (unpaired) electrons. The van der Waals surface area contributed by atoms with Gasteiger partial charge in [0.2, 0.25) is 5.91 Å². The fourth-order valence-corrected chi connectivity index (χ4v) is 1.24. The van der Waals surface area contributed by atoms with Crippen molar-refractivity contribution in [2.75, 3.05) is 5.32 Å². The maximum atomic E-state index is 11.8. The Hall–Kier alpha value is -2.02. The smallest absolute Gasteiger partial charge is 0.250 e. The van der Waals surface area contributed by atoms with E-state index in [9.17, 15) is 4.79 Å². The fourth-order valence-electron chi connectivity index (χ4n) is 1.15. The van der Waals surface area contributed by atoms with Crippen LogP contribution in [0.1, 0.15) is 13.0 Å². The second-order valence-corrected chi connectivity index (χ2v) is 3.65. The average molecular weight is 253 g/mol. The Morgan fingerprint density at radius 1 is 1.47 bits per heavy atom. The highest BCUT2D eigenvalue weighted by Crippen LogP contribution is 2.09. The minimum Gasteiger partial charge on any atom is -0.308 e. The molecule has 2 heterocycles. The van der Waals surface area contributed by atoms with Crippen molar-refractivity contribution in [3.8, 4) is 0 Å². The van der Waals surface area contributed by atoms with E-state index >= 15 is 0 Å². The van der Waals surface area contributed by atoms with Gasteiger partial charge in [-0.1, -0.05) is 11.6 Å². The van der Waals surface area contributed by atoms with Crippen molar-refractivity contribution in [3.63, 3.8) is 0 Å². The van der Waals surface area contributed by atoms with E-state index in [0.29, 0.717) is 5.82 Å². The van der Waals surface area contributed by atoms with E-state index in [1.54, 1.807) is 6.92 Å². The molecule has 1 amide bonds. The minimum atomic E-state index is -0.477. The van der Waals surface area contributed by atoms with Crippen molar-refractivity contribution >= 4 is 23.3 Å². The Morgan fingerprint density at radius 3 is 2.88 bits per heavy atom. The number of rotatable bonds is 3. The number of aromatic nitrogens is 5. The molecule has 8 heteroatoms. The maximum absolute atomic E-state index is 11.8. The van der Waals surface area contributed by atoms with Crippen molar-refractivity contribution in [2.45, 2.75) is 13.0 Å². The first-order valence-corrected chi connectivity index (χ1v) is 5.17. The molecule has 2 aromatic heterocycles. The molecular weight excluding hydrogens is 244 g/mol. The van der Waals surface area contributed by atoms with Gasteiger partial charge in [0.05, 0.1) is 12.4 Å². The van der Waals surface area contributed by atoms with Gasteiger partial charge in [0.25, 0.3) is 0 Å². The lowest BCUT2D eigenvalue weighted by atomic mass is 10.3. The van der Waals surface area contributed by atoms with Gasteiger partial charge in [0, 0.05) is 0 Å². The minimum absolute atomic E-state index is 0.257. The van der Waals surface area contributed by atoms with Crippen LogP contribution in [0.15, 0.2) is 25.0 Å². The van der Waals surface area contributed by atoms with Gasteiger partial charge in [-0.05, 0) is 6.92 Å². The Labute approximate surface area is 102 Å². The van der Waals surface area contributed by atoms with Crippen LogP contribution in [0.25, 0.3) is 0 Å². The lowest BCUT2D eigenvalue weighted by Gasteiger charge is -2.10. The Bertz CT molecular complexity index is 497. The van der Waals surface area contributed by atoms with E-state index in [4.69, 9.17) is 11.6 Å². The van der Waals surface area contributed by atoms with Crippen LogP contribution >= 0.6 is 11.6 Å². The van der Waals surface area contributed by atoms with Crippen LogP contribution in [-0.2, 0) is 4.79 Å². The summed E-state index contributed by atoms with van der Waals surface area (Å²) in [7, 11) is 0. The second-order valence-electron chi connectivity index (χ2n) is 3.27. The van der Waals surface area contributed by atoms with E-state index in [-0.39, 0.29) is 11.1 Å². The Morgan fingerprint density at radius 2 is 2.29 bits per heavy atom. The molecule has 0 aliphatic heterocycles. The molecule has 0 spiro atoms. The molecule has 0 saturated carbocycles. The van der Waals surface area contributed by atoms with E-state index in [1.165, 1.54) is 29.7 Å². The first-order chi connectivity index (χ1) is 8.16. The summed E-state index contributed by atoms with van der Waals surface area (Å²) in [6.07, 6.45) is 5.58. The lowest BCUT2D eigenvalue weighted by molar-refractivity contribution is -0.119. The fraction of sp³-hybridized carbons (Fsp3) is 0.222. The van der Waals surface area contributed by atoms with Crippen LogP contribution in [-0.4, -0.2) is 30.6 Å². The van der Waals surface area contributed by atoms with Gasteiger partial charge < -0.3 is 5.32 Å². The highest BCUT2D eigenvalue weighted by atomic mass is 35.5. The summed E-state index contributed by atoms with van der Waals surface area (Å²) >= 11 is 5.58. The molecule has 7 nitrogen and oxygen atoms in total. The molecule has 1 atom stereocenters. The SMILES string of the molecule is CC(C(=O)Nc1cnc(Cl)cn1)n1cncn1. The van der Waals surface area contributed by atoms with E-state index in [2.05, 4.69) is 25.4 Å². The van der Waals surface area contributed by atoms with Gasteiger partial charge in [-0.2, -0.15) is 5.10 Å². The number of anilines is 1. The number of halogens is 1. The average Bonchev–Trinajstić information content (AvgIpc) is 2.84. The molecule has 2 aromatic rings. The molecule has 88 valence electrons. The van der Waals surface area contributed by atoms with Crippen molar-refractivity contribution in [1.29, 1.82) is 0 Å². The molecule has 2 rings (SSSR count). The van der Waals surface area contributed by atoms with Crippen molar-refractivity contribution in [3.05, 3.63) is 30.2 Å². The Kier molecular flexibility index (Phi) is 3.29. The summed E-state index contributed by atoms with van der Waals surface area (Å²) in [5, 5.41) is 6.75. The lowest BCUT2D eigenvalue weighted by Crippen LogP contribution is -2.24. The summed E-state index contributed by atoms with van der Waals surface area (Å²) in [6, 6.07) is -0.477. The molecule has 1 N–H and O–H groups in total. The predicted molar refractivity (Wildman–Crippen MR) is 60.4 cm³/mol. The van der Waals surface area contributed by atoms with Crippen LogP contribution in [0.3, 0.4) is 0 Å². The summed E-state index contributed by atoms with van der Waals surface area (Å²) < 4.78 is 1.44. The number of hydrogen-bond acceptors (Lipinski definition) is 5. The third-order valence-electron chi connectivity index (χ3n) is 2.08. The normalized spacial score (nSPS) is 12.1. The zero-order valence-corrected chi connectivity index (χ0v) is 9.66. The van der Waals surface area contributed by atoms with Gasteiger partial charge in [-0.15, -0.1) is 0 Å². The van der Waals surface area contributed by atoms with Gasteiger partial charge in [-0.3, -0.25) is 4.79 Å². The monoisotopic (exact) mass is 252 g/mol. The first-order valence-electron chi connectivity index (χ1n) is 4.79. The van der Waals surface area contributed by atoms with Crippen LogP contribution in [0, 0.1) is 0 Å². The maximum Gasteiger partial charge on any atom is 0.250 e. The zero-order valence-electron chi connectivity index (χ0n) is 8.91. The number of nitrogens with one attached hydrogen (secondary N) is 1. The summed E-state index contributed by atoms with van der Waals surface area (Å²) in [6.45, 7) is 1.70. The van der Waals surface area contributed by atoms with E-state index in [0.717, 1.165) is 0 Å². The molecular formula is C9H9ClN6O. The van der Waals surface area contributed by atoms with E-state index < -0.39 is 6.04 Å². The third kappa shape index (κ3) is 2.76. The highest BCUT2D eigenvalue weighted by molar-refractivity contribution is 6.29. The molecule has 1 unspecified atom stereocenters. The molecule has 0 fully saturated rings. The van der Waals surface area contributed by atoms with Gasteiger partial charge >= 0.3 is 0 Å². The quantitative estimate of drug-likeness (QED) is 0.878. The number of hydrogen-bond donors (Lipinski definition) is 1. The van der Waals surface area contributed by atoms with Gasteiger partial charge in [-0.25, -0.2) is 19.6 Å². The molecule has 0 aliphatic rings. The largest absolute Gasteiger partial charge is 0.308 e. The highest BCUT2D eigenvalue weighted by Gasteiger charge is 2.15. The molecule has 0 aromatic carbocycles. The first kappa shape index (κ1) is 11.5. The molecule has 0 saturated heterocycles. The van der Waals surface area contributed by atoms with E-state index in [1.807, 2.05) is 0 Å². The molecule has 17 heavy (non-hydrogen) atoms. The topological polar surface area (TPSA) is 85.6 Å². The zero-order chi connectivity index (χ0) is 12.3. The summed E-state index contributed by atoms with van der Waals surface area (Å²) in [5.41, 5.74) is 0. The number of amides is 1. The summed E-state index contributed by atoms with van der Waals surface area (Å²) in [5.74, 6) is 0.0819. The molecule has 0 bridgehead atoms. The third-order valence-corrected chi connectivity index (χ3v) is 2.28. The Balaban J connectivity index is 2.04. The number of nitrogens with zero attached hydrogens (tertiary/aromatic N) is 5. The van der Waals surface area contributed by atoms with Crippen molar-refractivity contribution in [2.24, 2.45) is 0 Å². The van der Waals surface area contributed by atoms with Gasteiger partial charge in [0.1, 0.15) is 23.8 Å². The van der Waals surface area contributed by atoms with Crippen LogP contribution in [0.2, 0.25) is 5.15 Å².